The highest BCUT2D eigenvalue weighted by atomic mass is 15.2. The van der Waals surface area contributed by atoms with Crippen LogP contribution in [0, 0.1) is 6.92 Å². The van der Waals surface area contributed by atoms with Crippen LogP contribution in [0.3, 0.4) is 0 Å². The maximum absolute atomic E-state index is 4.80. The molecule has 2 aromatic heterocycles. The highest BCUT2D eigenvalue weighted by Gasteiger charge is 2.31. The predicted octanol–water partition coefficient (Wildman–Crippen LogP) is 6.07. The molecule has 0 spiro atoms. The Morgan fingerprint density at radius 1 is 0.828 bits per heavy atom. The lowest BCUT2D eigenvalue weighted by atomic mass is 9.92. The third-order valence-corrected chi connectivity index (χ3v) is 5.80. The van der Waals surface area contributed by atoms with Gasteiger partial charge in [-0.05, 0) is 42.5 Å². The first-order chi connectivity index (χ1) is 13.9. The molecule has 0 aliphatic carbocycles. The largest absolute Gasteiger partial charge is 0.314 e. The lowest BCUT2D eigenvalue weighted by Crippen LogP contribution is -2.31. The quantitative estimate of drug-likeness (QED) is 0.391. The summed E-state index contributed by atoms with van der Waals surface area (Å²) >= 11 is 0. The molecule has 3 nitrogen and oxygen atoms in total. The molecule has 0 N–H and O–H groups in total. The summed E-state index contributed by atoms with van der Waals surface area (Å²) in [5.41, 5.74) is 8.67. The molecule has 0 atom stereocenters. The number of rotatable bonds is 4. The first-order valence-electron chi connectivity index (χ1n) is 10.5. The predicted molar refractivity (Wildman–Crippen MR) is 121 cm³/mol. The van der Waals surface area contributed by atoms with Gasteiger partial charge in [-0.15, -0.1) is 0 Å². The number of pyridine rings is 1. The molecular formula is C26H30N3+. The topological polar surface area (TPSA) is 21.7 Å². The first-order valence-corrected chi connectivity index (χ1v) is 10.5. The summed E-state index contributed by atoms with van der Waals surface area (Å²) in [6.45, 7) is 11.3. The minimum Gasteiger partial charge on any atom is -0.248 e. The summed E-state index contributed by atoms with van der Waals surface area (Å²) < 4.78 is 4.72. The Bertz CT molecular complexity index is 1160. The van der Waals surface area contributed by atoms with Crippen molar-refractivity contribution in [3.8, 4) is 17.2 Å². The molecule has 4 aromatic rings. The molecular weight excluding hydrogens is 354 g/mol. The molecule has 0 saturated heterocycles. The van der Waals surface area contributed by atoms with Crippen molar-refractivity contribution in [2.75, 3.05) is 0 Å². The second kappa shape index (κ2) is 7.47. The van der Waals surface area contributed by atoms with E-state index in [4.69, 9.17) is 4.98 Å². The van der Waals surface area contributed by atoms with Gasteiger partial charge in [0.05, 0.1) is 7.05 Å². The van der Waals surface area contributed by atoms with Crippen molar-refractivity contribution < 1.29 is 4.57 Å². The fourth-order valence-corrected chi connectivity index (χ4v) is 4.30. The van der Waals surface area contributed by atoms with E-state index in [-0.39, 0.29) is 0 Å². The van der Waals surface area contributed by atoms with Gasteiger partial charge in [-0.3, -0.25) is 0 Å². The third-order valence-electron chi connectivity index (χ3n) is 5.80. The van der Waals surface area contributed by atoms with Crippen LogP contribution in [-0.2, 0) is 7.05 Å². The van der Waals surface area contributed by atoms with Crippen LogP contribution in [0.4, 0.5) is 0 Å². The Morgan fingerprint density at radius 2 is 1.48 bits per heavy atom. The van der Waals surface area contributed by atoms with Gasteiger partial charge in [0.15, 0.2) is 16.7 Å². The van der Waals surface area contributed by atoms with Gasteiger partial charge < -0.3 is 0 Å². The van der Waals surface area contributed by atoms with Crippen LogP contribution in [0.5, 0.6) is 0 Å². The zero-order valence-corrected chi connectivity index (χ0v) is 18.3. The number of hydrogen-bond donors (Lipinski definition) is 0. The molecule has 0 saturated carbocycles. The van der Waals surface area contributed by atoms with Gasteiger partial charge in [0.2, 0.25) is 0 Å². The summed E-state index contributed by atoms with van der Waals surface area (Å²) in [7, 11) is 2.15. The van der Waals surface area contributed by atoms with Crippen molar-refractivity contribution in [1.29, 1.82) is 0 Å². The summed E-state index contributed by atoms with van der Waals surface area (Å²) in [6, 6.07) is 19.5. The standard InChI is InChI=1S/C26H30N3/c1-17(2)20-12-9-13-21(18(3)4)25(20)29-23-15-8-7-14-22(23)28(6)26(29)24-19(5)11-10-16-27-24/h7-18H,1-6H3/q+1. The second-order valence-electron chi connectivity index (χ2n) is 8.47. The first kappa shape index (κ1) is 19.4. The van der Waals surface area contributed by atoms with Crippen LogP contribution in [0.2, 0.25) is 0 Å². The van der Waals surface area contributed by atoms with Gasteiger partial charge in [0.1, 0.15) is 5.69 Å². The van der Waals surface area contributed by atoms with Crippen LogP contribution >= 0.6 is 0 Å². The Kier molecular flexibility index (Phi) is 4.99. The number of imidazole rings is 1. The second-order valence-corrected chi connectivity index (χ2v) is 8.47. The van der Waals surface area contributed by atoms with Gasteiger partial charge in [-0.2, -0.15) is 4.57 Å². The number of hydrogen-bond acceptors (Lipinski definition) is 1. The van der Waals surface area contributed by atoms with E-state index < -0.39 is 0 Å². The van der Waals surface area contributed by atoms with Crippen LogP contribution in [0.15, 0.2) is 60.8 Å². The molecule has 0 amide bonds. The molecule has 0 aliphatic heterocycles. The maximum Gasteiger partial charge on any atom is 0.314 e. The molecule has 4 rings (SSSR count). The molecule has 0 aliphatic rings. The molecule has 0 fully saturated rings. The SMILES string of the molecule is Cc1cccnc1-c1n(-c2c(C(C)C)cccc2C(C)C)c2ccccc2[n+]1C. The smallest absolute Gasteiger partial charge is 0.248 e. The summed E-state index contributed by atoms with van der Waals surface area (Å²) in [5, 5.41) is 0. The summed E-state index contributed by atoms with van der Waals surface area (Å²) in [6.07, 6.45) is 1.89. The molecule has 29 heavy (non-hydrogen) atoms. The van der Waals surface area contributed by atoms with Gasteiger partial charge in [-0.1, -0.05) is 64.1 Å². The molecule has 148 valence electrons. The molecule has 2 aromatic carbocycles. The minimum absolute atomic E-state index is 0.424. The number of nitrogens with zero attached hydrogens (tertiary/aromatic N) is 3. The zero-order chi connectivity index (χ0) is 20.7. The highest BCUT2D eigenvalue weighted by Crippen LogP contribution is 2.36. The van der Waals surface area contributed by atoms with Gasteiger partial charge in [-0.25, -0.2) is 9.55 Å². The fourth-order valence-electron chi connectivity index (χ4n) is 4.30. The Morgan fingerprint density at radius 3 is 2.10 bits per heavy atom. The summed E-state index contributed by atoms with van der Waals surface area (Å²) in [4.78, 5) is 4.80. The molecule has 2 heterocycles. The lowest BCUT2D eigenvalue weighted by molar-refractivity contribution is -0.634. The van der Waals surface area contributed by atoms with E-state index in [1.807, 2.05) is 12.3 Å². The molecule has 3 heteroatoms. The third kappa shape index (κ3) is 3.15. The van der Waals surface area contributed by atoms with Gasteiger partial charge in [0.25, 0.3) is 0 Å². The Balaban J connectivity index is 2.22. The highest BCUT2D eigenvalue weighted by molar-refractivity contribution is 5.80. The van der Waals surface area contributed by atoms with Gasteiger partial charge in [0, 0.05) is 17.3 Å². The van der Waals surface area contributed by atoms with Crippen molar-refractivity contribution in [2.24, 2.45) is 7.05 Å². The van der Waals surface area contributed by atoms with Crippen molar-refractivity contribution in [1.82, 2.24) is 9.55 Å². The van der Waals surface area contributed by atoms with E-state index in [0.29, 0.717) is 11.8 Å². The van der Waals surface area contributed by atoms with E-state index in [0.717, 1.165) is 11.5 Å². The van der Waals surface area contributed by atoms with Crippen molar-refractivity contribution in [3.05, 3.63) is 77.5 Å². The van der Waals surface area contributed by atoms with E-state index in [1.54, 1.807) is 0 Å². The van der Waals surface area contributed by atoms with Crippen LogP contribution in [-0.4, -0.2) is 9.55 Å². The molecule has 0 unspecified atom stereocenters. The Hall–Kier alpha value is -2.94. The number of fused-ring (bicyclic) bond motifs is 1. The minimum atomic E-state index is 0.424. The van der Waals surface area contributed by atoms with Crippen molar-refractivity contribution in [3.63, 3.8) is 0 Å². The van der Waals surface area contributed by atoms with Crippen LogP contribution in [0.1, 0.15) is 56.2 Å². The van der Waals surface area contributed by atoms with Gasteiger partial charge >= 0.3 is 5.82 Å². The molecule has 0 radical (unpaired) electrons. The van der Waals surface area contributed by atoms with E-state index in [2.05, 4.69) is 99.3 Å². The van der Waals surface area contributed by atoms with Crippen LogP contribution in [0.25, 0.3) is 28.2 Å². The zero-order valence-electron chi connectivity index (χ0n) is 18.3. The molecule has 0 bridgehead atoms. The van der Waals surface area contributed by atoms with Crippen LogP contribution < -0.4 is 4.57 Å². The average molecular weight is 385 g/mol. The number of aromatic nitrogens is 3. The number of para-hydroxylation sites is 3. The number of aryl methyl sites for hydroxylation is 2. The Labute approximate surface area is 173 Å². The van der Waals surface area contributed by atoms with E-state index in [1.165, 1.54) is 33.4 Å². The van der Waals surface area contributed by atoms with Crippen molar-refractivity contribution >= 4 is 11.0 Å². The fraction of sp³-hybridized carbons (Fsp3) is 0.308. The van der Waals surface area contributed by atoms with E-state index >= 15 is 0 Å². The monoisotopic (exact) mass is 384 g/mol. The normalized spacial score (nSPS) is 11.7. The van der Waals surface area contributed by atoms with Crippen molar-refractivity contribution in [2.45, 2.75) is 46.5 Å². The average Bonchev–Trinajstić information content (AvgIpc) is 3.00. The summed E-state index contributed by atoms with van der Waals surface area (Å²) in [5.74, 6) is 1.97. The maximum atomic E-state index is 4.80. The van der Waals surface area contributed by atoms with E-state index in [9.17, 15) is 0 Å². The lowest BCUT2D eigenvalue weighted by Gasteiger charge is -2.18. The number of benzene rings is 2.